The van der Waals surface area contributed by atoms with E-state index in [2.05, 4.69) is 4.98 Å². The molecule has 3 rings (SSSR count). The van der Waals surface area contributed by atoms with Crippen molar-refractivity contribution in [2.45, 2.75) is 20.0 Å². The average Bonchev–Trinajstić information content (AvgIpc) is 3.03. The molecule has 0 unspecified atom stereocenters. The summed E-state index contributed by atoms with van der Waals surface area (Å²) >= 11 is 1.01. The van der Waals surface area contributed by atoms with E-state index < -0.39 is 23.5 Å². The number of nitrogens with zero attached hydrogens (tertiary/aromatic N) is 2. The Bertz CT molecular complexity index is 942. The fraction of sp³-hybridized carbons (Fsp3) is 0.250. The van der Waals surface area contributed by atoms with Gasteiger partial charge in [-0.05, 0) is 43.7 Å². The molecular weight excluding hydrogens is 357 g/mol. The van der Waals surface area contributed by atoms with Crippen LogP contribution in [0.1, 0.15) is 28.0 Å². The highest BCUT2D eigenvalue weighted by molar-refractivity contribution is 7.17. The largest absolute Gasteiger partial charge is 0.494 e. The van der Waals surface area contributed by atoms with Gasteiger partial charge in [-0.15, -0.1) is 11.3 Å². The Morgan fingerprint density at radius 1 is 1.32 bits per heavy atom. The lowest BCUT2D eigenvalue weighted by atomic mass is 10.1. The number of carboxylic acids is 1. The van der Waals surface area contributed by atoms with Crippen LogP contribution in [0.25, 0.3) is 16.2 Å². The van der Waals surface area contributed by atoms with Gasteiger partial charge >= 0.3 is 12.1 Å². The van der Waals surface area contributed by atoms with Crippen molar-refractivity contribution in [3.05, 3.63) is 40.5 Å². The third-order valence-electron chi connectivity index (χ3n) is 3.56. The number of aryl methyl sites for hydroxylation is 1. The molecule has 3 aromatic rings. The van der Waals surface area contributed by atoms with Crippen molar-refractivity contribution in [1.29, 1.82) is 0 Å². The van der Waals surface area contributed by atoms with Crippen molar-refractivity contribution >= 4 is 22.3 Å². The van der Waals surface area contributed by atoms with Crippen LogP contribution in [0.5, 0.6) is 5.75 Å². The summed E-state index contributed by atoms with van der Waals surface area (Å²) in [4.78, 5) is 15.7. The van der Waals surface area contributed by atoms with Gasteiger partial charge in [-0.2, -0.15) is 13.2 Å². The van der Waals surface area contributed by atoms with E-state index >= 15 is 0 Å². The zero-order valence-corrected chi connectivity index (χ0v) is 14.0. The number of ether oxygens (including phenoxy) is 1. The minimum atomic E-state index is -4.84. The van der Waals surface area contributed by atoms with Crippen molar-refractivity contribution in [2.24, 2.45) is 0 Å². The van der Waals surface area contributed by atoms with Crippen molar-refractivity contribution in [3.63, 3.8) is 0 Å². The number of hydrogen-bond donors (Lipinski definition) is 1. The van der Waals surface area contributed by atoms with Gasteiger partial charge in [0.15, 0.2) is 16.3 Å². The summed E-state index contributed by atoms with van der Waals surface area (Å²) in [6.07, 6.45) is -4.84. The lowest BCUT2D eigenvalue weighted by molar-refractivity contribution is -0.141. The minimum absolute atomic E-state index is 0.00823. The maximum absolute atomic E-state index is 13.1. The lowest BCUT2D eigenvalue weighted by Gasteiger charge is -2.08. The number of benzene rings is 1. The van der Waals surface area contributed by atoms with Crippen LogP contribution in [0.3, 0.4) is 0 Å². The molecule has 0 radical (unpaired) electrons. The van der Waals surface area contributed by atoms with E-state index in [0.29, 0.717) is 28.5 Å². The summed E-state index contributed by atoms with van der Waals surface area (Å²) in [5.74, 6) is -1.06. The Morgan fingerprint density at radius 3 is 2.48 bits per heavy atom. The smallest absolute Gasteiger partial charge is 0.435 e. The van der Waals surface area contributed by atoms with Crippen LogP contribution in [0.4, 0.5) is 13.2 Å². The molecule has 0 fully saturated rings. The highest BCUT2D eigenvalue weighted by atomic mass is 32.1. The highest BCUT2D eigenvalue weighted by Gasteiger charge is 2.41. The van der Waals surface area contributed by atoms with Crippen LogP contribution in [-0.4, -0.2) is 27.1 Å². The number of aromatic nitrogens is 2. The summed E-state index contributed by atoms with van der Waals surface area (Å²) in [6, 6.07) is 6.73. The van der Waals surface area contributed by atoms with E-state index in [1.165, 1.54) is 0 Å². The SMILES string of the molecule is CCOc1ccc(-c2c(C)sc3nc(C(F)(F)F)c(C(=O)O)n23)cc1. The Kier molecular flexibility index (Phi) is 4.19. The maximum Gasteiger partial charge on any atom is 0.435 e. The van der Waals surface area contributed by atoms with Crippen LogP contribution >= 0.6 is 11.3 Å². The van der Waals surface area contributed by atoms with Crippen LogP contribution in [0.2, 0.25) is 0 Å². The number of imidazole rings is 1. The summed E-state index contributed by atoms with van der Waals surface area (Å²) in [6.45, 7) is 4.04. The zero-order chi connectivity index (χ0) is 18.4. The number of carboxylic acid groups (broad SMARTS) is 1. The number of aromatic carboxylic acids is 1. The van der Waals surface area contributed by atoms with Gasteiger partial charge in [0.25, 0.3) is 0 Å². The van der Waals surface area contributed by atoms with E-state index in [-0.39, 0.29) is 4.96 Å². The quantitative estimate of drug-likeness (QED) is 0.735. The molecule has 9 heteroatoms. The Morgan fingerprint density at radius 2 is 1.96 bits per heavy atom. The molecule has 0 aliphatic rings. The summed E-state index contributed by atoms with van der Waals surface area (Å²) in [5.41, 5.74) is -1.31. The van der Waals surface area contributed by atoms with Crippen LogP contribution < -0.4 is 4.74 Å². The van der Waals surface area contributed by atoms with Gasteiger partial charge < -0.3 is 9.84 Å². The first kappa shape index (κ1) is 17.3. The molecule has 0 atom stereocenters. The monoisotopic (exact) mass is 370 g/mol. The second kappa shape index (κ2) is 6.07. The van der Waals surface area contributed by atoms with E-state index in [1.54, 1.807) is 31.2 Å². The predicted octanol–water partition coefficient (Wildman–Crippen LogP) is 4.49. The summed E-state index contributed by atoms with van der Waals surface area (Å²) in [5, 5.41) is 9.33. The van der Waals surface area contributed by atoms with Gasteiger partial charge in [-0.1, -0.05) is 0 Å². The molecule has 0 aliphatic heterocycles. The van der Waals surface area contributed by atoms with E-state index in [9.17, 15) is 23.1 Å². The molecule has 2 heterocycles. The second-order valence-corrected chi connectivity index (χ2v) is 6.38. The number of rotatable bonds is 4. The number of halogens is 3. The van der Waals surface area contributed by atoms with Crippen molar-refractivity contribution in [3.8, 4) is 17.0 Å². The number of carbonyl (C=O) groups is 1. The third kappa shape index (κ3) is 2.95. The average molecular weight is 370 g/mol. The van der Waals surface area contributed by atoms with Crippen LogP contribution in [0, 0.1) is 6.92 Å². The first-order valence-electron chi connectivity index (χ1n) is 7.29. The zero-order valence-electron chi connectivity index (χ0n) is 13.2. The van der Waals surface area contributed by atoms with E-state index in [0.717, 1.165) is 15.7 Å². The molecule has 5 nitrogen and oxygen atoms in total. The fourth-order valence-corrected chi connectivity index (χ4v) is 3.61. The van der Waals surface area contributed by atoms with Gasteiger partial charge in [0, 0.05) is 4.88 Å². The summed E-state index contributed by atoms with van der Waals surface area (Å²) < 4.78 is 45.8. The first-order valence-corrected chi connectivity index (χ1v) is 8.11. The van der Waals surface area contributed by atoms with Crippen molar-refractivity contribution in [1.82, 2.24) is 9.38 Å². The summed E-state index contributed by atoms with van der Waals surface area (Å²) in [7, 11) is 0. The molecule has 25 heavy (non-hydrogen) atoms. The van der Waals surface area contributed by atoms with Gasteiger partial charge in [-0.3, -0.25) is 4.40 Å². The van der Waals surface area contributed by atoms with Gasteiger partial charge in [0.1, 0.15) is 5.75 Å². The Balaban J connectivity index is 2.26. The molecule has 1 aromatic carbocycles. The fourth-order valence-electron chi connectivity index (χ4n) is 2.62. The Hall–Kier alpha value is -2.55. The first-order chi connectivity index (χ1) is 11.7. The van der Waals surface area contributed by atoms with Gasteiger partial charge in [0.2, 0.25) is 0 Å². The molecular formula is C16H13F3N2O3S. The molecule has 132 valence electrons. The molecule has 0 amide bonds. The second-order valence-electron chi connectivity index (χ2n) is 5.19. The molecule has 1 N–H and O–H groups in total. The number of alkyl halides is 3. The van der Waals surface area contributed by atoms with Crippen molar-refractivity contribution < 1.29 is 27.8 Å². The lowest BCUT2D eigenvalue weighted by Crippen LogP contribution is -2.14. The molecule has 2 aromatic heterocycles. The standard InChI is InChI=1S/C16H13F3N2O3S/c1-3-24-10-6-4-9(5-7-10)11-8(2)25-15-20-13(16(17,18)19)12(14(22)23)21(11)15/h4-7H,3H2,1-2H3,(H,22,23). The highest BCUT2D eigenvalue weighted by Crippen LogP contribution is 2.38. The normalized spacial score (nSPS) is 11.9. The molecule has 0 saturated carbocycles. The molecule has 0 aliphatic carbocycles. The maximum atomic E-state index is 13.1. The number of fused-ring (bicyclic) bond motifs is 1. The van der Waals surface area contributed by atoms with Crippen LogP contribution in [0.15, 0.2) is 24.3 Å². The van der Waals surface area contributed by atoms with Gasteiger partial charge in [-0.25, -0.2) is 9.78 Å². The predicted molar refractivity (Wildman–Crippen MR) is 86.4 cm³/mol. The van der Waals surface area contributed by atoms with E-state index in [1.807, 2.05) is 6.92 Å². The number of thiazole rings is 1. The molecule has 0 saturated heterocycles. The minimum Gasteiger partial charge on any atom is -0.494 e. The van der Waals surface area contributed by atoms with E-state index in [4.69, 9.17) is 4.74 Å². The molecule has 0 spiro atoms. The Labute approximate surface area is 144 Å². The molecule has 0 bridgehead atoms. The van der Waals surface area contributed by atoms with Gasteiger partial charge in [0.05, 0.1) is 12.3 Å². The van der Waals surface area contributed by atoms with Crippen LogP contribution in [-0.2, 0) is 6.18 Å². The number of hydrogen-bond acceptors (Lipinski definition) is 4. The van der Waals surface area contributed by atoms with Crippen molar-refractivity contribution in [2.75, 3.05) is 6.61 Å². The topological polar surface area (TPSA) is 63.8 Å². The third-order valence-corrected chi connectivity index (χ3v) is 4.51.